The first-order valence-electron chi connectivity index (χ1n) is 13.2. The van der Waals surface area contributed by atoms with E-state index >= 15 is 0 Å². The van der Waals surface area contributed by atoms with E-state index in [9.17, 15) is 0 Å². The van der Waals surface area contributed by atoms with Gasteiger partial charge in [-0.1, -0.05) is 27.7 Å². The van der Waals surface area contributed by atoms with Gasteiger partial charge in [-0.15, -0.1) is 0 Å². The normalized spacial score (nSPS) is 48.6. The largest absolute Gasteiger partial charge is 0.379 e. The summed E-state index contributed by atoms with van der Waals surface area (Å²) >= 11 is 0. The van der Waals surface area contributed by atoms with E-state index in [0.717, 1.165) is 52.6 Å². The van der Waals surface area contributed by atoms with E-state index in [1.54, 1.807) is 0 Å². The molecular weight excluding hydrogens is 400 g/mol. The molecule has 6 atom stereocenters. The molecule has 182 valence electrons. The molecule has 0 aromatic carbocycles. The van der Waals surface area contributed by atoms with Gasteiger partial charge in [0.25, 0.3) is 0 Å². The zero-order valence-corrected chi connectivity index (χ0v) is 21.4. The summed E-state index contributed by atoms with van der Waals surface area (Å²) in [5.74, 6) is 0. The van der Waals surface area contributed by atoms with Crippen molar-refractivity contribution in [1.82, 2.24) is 19.6 Å². The van der Waals surface area contributed by atoms with E-state index in [1.165, 1.54) is 25.9 Å². The van der Waals surface area contributed by atoms with Crippen LogP contribution in [0.5, 0.6) is 0 Å². The van der Waals surface area contributed by atoms with Gasteiger partial charge in [0.2, 0.25) is 0 Å². The Morgan fingerprint density at radius 3 is 1.28 bits per heavy atom. The van der Waals surface area contributed by atoms with E-state index in [0.29, 0.717) is 35.0 Å². The molecule has 6 aliphatic rings. The predicted octanol–water partition coefficient (Wildman–Crippen LogP) is 1.85. The molecule has 2 aliphatic carbocycles. The van der Waals surface area contributed by atoms with Crippen molar-refractivity contribution in [2.75, 3.05) is 79.8 Å². The highest BCUT2D eigenvalue weighted by Crippen LogP contribution is 2.80. The number of likely N-dealkylation sites (tertiary alicyclic amines) is 2. The third-order valence-corrected chi connectivity index (χ3v) is 11.9. The van der Waals surface area contributed by atoms with Crippen LogP contribution >= 0.6 is 0 Å². The summed E-state index contributed by atoms with van der Waals surface area (Å²) in [5.41, 5.74) is 1.15. The minimum atomic E-state index is 0.280. The maximum absolute atomic E-state index is 5.78. The van der Waals surface area contributed by atoms with Gasteiger partial charge in [0.1, 0.15) is 0 Å². The van der Waals surface area contributed by atoms with Crippen LogP contribution in [-0.2, 0) is 9.47 Å². The van der Waals surface area contributed by atoms with Gasteiger partial charge in [-0.05, 0) is 37.8 Å². The number of hydrogen-bond donors (Lipinski definition) is 0. The van der Waals surface area contributed by atoms with Crippen LogP contribution < -0.4 is 0 Å². The van der Waals surface area contributed by atoms with Gasteiger partial charge in [0.15, 0.2) is 0 Å². The highest BCUT2D eigenvalue weighted by atomic mass is 16.5. The molecule has 0 aromatic heterocycles. The Hall–Kier alpha value is -0.240. The lowest BCUT2D eigenvalue weighted by Gasteiger charge is -2.69. The summed E-state index contributed by atoms with van der Waals surface area (Å²) in [4.78, 5) is 11.3. The van der Waals surface area contributed by atoms with Crippen LogP contribution in [-0.4, -0.2) is 124 Å². The number of nitrogens with zero attached hydrogens (tertiary/aromatic N) is 4. The Balaban J connectivity index is 1.54. The van der Waals surface area contributed by atoms with Crippen molar-refractivity contribution < 1.29 is 9.47 Å². The quantitative estimate of drug-likeness (QED) is 0.655. The molecule has 0 radical (unpaired) electrons. The number of morpholine rings is 2. The van der Waals surface area contributed by atoms with Crippen LogP contribution in [0.25, 0.3) is 0 Å². The monoisotopic (exact) mass is 446 g/mol. The van der Waals surface area contributed by atoms with Gasteiger partial charge in [0.05, 0.1) is 26.4 Å². The second kappa shape index (κ2) is 7.14. The summed E-state index contributed by atoms with van der Waals surface area (Å²) in [6, 6.07) is 2.68. The molecule has 4 bridgehead atoms. The lowest BCUT2D eigenvalue weighted by atomic mass is 9.35. The molecular formula is C26H46N4O2. The molecule has 4 saturated heterocycles. The number of hydrogen-bond acceptors (Lipinski definition) is 6. The lowest BCUT2D eigenvalue weighted by Crippen LogP contribution is -2.75. The molecule has 6 nitrogen and oxygen atoms in total. The second-order valence-corrected chi connectivity index (χ2v) is 13.0. The van der Waals surface area contributed by atoms with Crippen molar-refractivity contribution in [3.63, 3.8) is 0 Å². The molecule has 0 aromatic rings. The first kappa shape index (κ1) is 22.2. The van der Waals surface area contributed by atoms with E-state index in [-0.39, 0.29) is 10.8 Å². The van der Waals surface area contributed by atoms with Crippen molar-refractivity contribution in [2.24, 2.45) is 21.7 Å². The van der Waals surface area contributed by atoms with Crippen LogP contribution in [0.15, 0.2) is 0 Å². The maximum Gasteiger partial charge on any atom is 0.0594 e. The first-order valence-corrected chi connectivity index (χ1v) is 13.2. The molecule has 32 heavy (non-hydrogen) atoms. The molecule has 6 rings (SSSR count). The molecule has 0 amide bonds. The average Bonchev–Trinajstić information content (AvgIpc) is 2.93. The molecule has 0 spiro atoms. The summed E-state index contributed by atoms with van der Waals surface area (Å²) in [5, 5.41) is 0. The van der Waals surface area contributed by atoms with Crippen molar-refractivity contribution in [2.45, 2.75) is 64.7 Å². The molecule has 0 unspecified atom stereocenters. The van der Waals surface area contributed by atoms with E-state index in [4.69, 9.17) is 9.47 Å². The topological polar surface area (TPSA) is 31.4 Å². The SMILES string of the molecule is CN1[C@H]2C[C@H]3N(C)[C@H]4C[C@@H]1C(C)(C)[C@@]2(CN1CCOCC1)[C@@]4(CN1CCOCC1)C3(C)C. The molecule has 6 heteroatoms. The number of fused-ring (bicyclic) bond motifs is 2. The van der Waals surface area contributed by atoms with Crippen LogP contribution in [0.3, 0.4) is 0 Å². The Kier molecular flexibility index (Phi) is 4.96. The van der Waals surface area contributed by atoms with Crippen LogP contribution in [0.1, 0.15) is 40.5 Å². The smallest absolute Gasteiger partial charge is 0.0594 e. The lowest BCUT2D eigenvalue weighted by molar-refractivity contribution is -0.201. The minimum absolute atomic E-state index is 0.280. The van der Waals surface area contributed by atoms with Crippen molar-refractivity contribution in [3.8, 4) is 0 Å². The van der Waals surface area contributed by atoms with Gasteiger partial charge in [0, 0.05) is 74.3 Å². The van der Waals surface area contributed by atoms with Crippen molar-refractivity contribution >= 4 is 0 Å². The van der Waals surface area contributed by atoms with Crippen molar-refractivity contribution in [3.05, 3.63) is 0 Å². The van der Waals surface area contributed by atoms with Gasteiger partial charge in [-0.2, -0.15) is 0 Å². The average molecular weight is 447 g/mol. The summed E-state index contributed by atoms with van der Waals surface area (Å²) in [7, 11) is 4.95. The Bertz CT molecular complexity index is 684. The zero-order valence-electron chi connectivity index (χ0n) is 21.4. The fourth-order valence-corrected chi connectivity index (χ4v) is 10.5. The fourth-order valence-electron chi connectivity index (χ4n) is 10.5. The van der Waals surface area contributed by atoms with E-state index < -0.39 is 0 Å². The number of ether oxygens (including phenoxy) is 2. The van der Waals surface area contributed by atoms with Crippen LogP contribution in [0, 0.1) is 21.7 Å². The molecule has 0 N–H and O–H groups in total. The van der Waals surface area contributed by atoms with Gasteiger partial charge < -0.3 is 9.47 Å². The second-order valence-electron chi connectivity index (χ2n) is 13.0. The first-order chi connectivity index (χ1) is 15.2. The highest BCUT2D eigenvalue weighted by Gasteiger charge is 2.85. The van der Waals surface area contributed by atoms with E-state index in [2.05, 4.69) is 61.4 Å². The molecule has 4 heterocycles. The molecule has 6 fully saturated rings. The van der Waals surface area contributed by atoms with Gasteiger partial charge in [-0.3, -0.25) is 19.6 Å². The summed E-state index contributed by atoms with van der Waals surface area (Å²) in [6.07, 6.45) is 2.65. The van der Waals surface area contributed by atoms with E-state index in [1.807, 2.05) is 0 Å². The standard InChI is InChI=1S/C26H46N4O2/c1-23(2)19-15-22-26(18-30-9-13-32-14-10-30)24(3,4)20(28(22)6)16-21(27(19)5)25(23,26)17-29-7-11-31-12-8-29/h19-22H,7-18H2,1-6H3/t19-,20-,21+,22+,25-,26+/m1/s1. The van der Waals surface area contributed by atoms with Crippen LogP contribution in [0.2, 0.25) is 0 Å². The predicted molar refractivity (Wildman–Crippen MR) is 127 cm³/mol. The summed E-state index contributed by atoms with van der Waals surface area (Å²) < 4.78 is 11.6. The minimum Gasteiger partial charge on any atom is -0.379 e. The Labute approximate surface area is 195 Å². The highest BCUT2D eigenvalue weighted by molar-refractivity contribution is 5.37. The fraction of sp³-hybridized carbons (Fsp3) is 1.00. The zero-order chi connectivity index (χ0) is 22.5. The Morgan fingerprint density at radius 1 is 0.594 bits per heavy atom. The van der Waals surface area contributed by atoms with Gasteiger partial charge >= 0.3 is 0 Å². The maximum atomic E-state index is 5.78. The third-order valence-electron chi connectivity index (χ3n) is 11.9. The molecule has 4 aliphatic heterocycles. The third kappa shape index (κ3) is 2.42. The molecule has 2 saturated carbocycles. The van der Waals surface area contributed by atoms with Gasteiger partial charge in [-0.25, -0.2) is 0 Å². The summed E-state index contributed by atoms with van der Waals surface area (Å²) in [6.45, 7) is 21.0. The van der Waals surface area contributed by atoms with Crippen molar-refractivity contribution in [1.29, 1.82) is 0 Å². The van der Waals surface area contributed by atoms with Crippen LogP contribution in [0.4, 0.5) is 0 Å². The Morgan fingerprint density at radius 2 is 0.938 bits per heavy atom. The number of rotatable bonds is 4.